The number of likely N-dealkylation sites (tertiary alicyclic amines) is 2. The molecule has 116 valence electrons. The van der Waals surface area contributed by atoms with Gasteiger partial charge in [-0.1, -0.05) is 12.8 Å². The van der Waals surface area contributed by atoms with E-state index in [-0.39, 0.29) is 0 Å². The average molecular weight is 296 g/mol. The number of hydrogen-bond donors (Lipinski definition) is 2. The molecule has 0 amide bonds. The summed E-state index contributed by atoms with van der Waals surface area (Å²) in [6, 6.07) is 0. The summed E-state index contributed by atoms with van der Waals surface area (Å²) in [7, 11) is -0.279. The molecular formula is C12H28N2O4S. The van der Waals surface area contributed by atoms with Gasteiger partial charge in [0.25, 0.3) is 0 Å². The third-order valence-electron chi connectivity index (χ3n) is 3.16. The summed E-state index contributed by atoms with van der Waals surface area (Å²) in [5.41, 5.74) is 0. The van der Waals surface area contributed by atoms with Crippen LogP contribution in [0.25, 0.3) is 0 Å². The molecule has 0 spiro atoms. The fraction of sp³-hybridized carbons (Fsp3) is 1.00. The predicted octanol–water partition coefficient (Wildman–Crippen LogP) is 1.55. The van der Waals surface area contributed by atoms with Crippen LogP contribution in [0.4, 0.5) is 0 Å². The lowest BCUT2D eigenvalue weighted by Gasteiger charge is -2.20. The minimum atomic E-state index is -4.67. The SMILES string of the molecule is CN1CCCCC1.CN1CCCCC1.O=S(=O)(O)O. The van der Waals surface area contributed by atoms with Crippen molar-refractivity contribution in [3.8, 4) is 0 Å². The molecule has 0 aromatic rings. The Morgan fingerprint density at radius 2 is 0.895 bits per heavy atom. The lowest BCUT2D eigenvalue weighted by Crippen LogP contribution is -2.24. The first-order valence-electron chi connectivity index (χ1n) is 6.86. The van der Waals surface area contributed by atoms with Crippen molar-refractivity contribution in [2.24, 2.45) is 0 Å². The van der Waals surface area contributed by atoms with Crippen LogP contribution in [0.15, 0.2) is 0 Å². The van der Waals surface area contributed by atoms with Crippen molar-refractivity contribution in [2.45, 2.75) is 38.5 Å². The molecule has 2 rings (SSSR count). The normalized spacial score (nSPS) is 21.7. The molecule has 0 saturated carbocycles. The van der Waals surface area contributed by atoms with Crippen molar-refractivity contribution >= 4 is 10.4 Å². The second kappa shape index (κ2) is 10.6. The second-order valence-electron chi connectivity index (χ2n) is 5.18. The predicted molar refractivity (Wildman–Crippen MR) is 76.9 cm³/mol. The molecule has 0 unspecified atom stereocenters. The summed E-state index contributed by atoms with van der Waals surface area (Å²) in [4.78, 5) is 4.78. The van der Waals surface area contributed by atoms with Gasteiger partial charge >= 0.3 is 10.4 Å². The lowest BCUT2D eigenvalue weighted by atomic mass is 10.1. The minimum absolute atomic E-state index is 1.32. The van der Waals surface area contributed by atoms with E-state index in [0.717, 1.165) is 0 Å². The van der Waals surface area contributed by atoms with Crippen molar-refractivity contribution in [1.82, 2.24) is 9.80 Å². The van der Waals surface area contributed by atoms with Gasteiger partial charge in [-0.15, -0.1) is 0 Å². The van der Waals surface area contributed by atoms with Gasteiger partial charge in [-0.3, -0.25) is 9.11 Å². The highest BCUT2D eigenvalue weighted by Gasteiger charge is 2.02. The third kappa shape index (κ3) is 17.8. The highest BCUT2D eigenvalue weighted by atomic mass is 32.3. The number of piperidine rings is 2. The Balaban J connectivity index is 0.000000261. The van der Waals surface area contributed by atoms with E-state index < -0.39 is 10.4 Å². The molecular weight excluding hydrogens is 268 g/mol. The van der Waals surface area contributed by atoms with Crippen LogP contribution in [0.2, 0.25) is 0 Å². The van der Waals surface area contributed by atoms with Gasteiger partial charge in [0.05, 0.1) is 0 Å². The van der Waals surface area contributed by atoms with E-state index in [1.54, 1.807) is 0 Å². The van der Waals surface area contributed by atoms with Gasteiger partial charge in [0.15, 0.2) is 0 Å². The van der Waals surface area contributed by atoms with E-state index >= 15 is 0 Å². The van der Waals surface area contributed by atoms with Crippen LogP contribution in [0.5, 0.6) is 0 Å². The highest BCUT2D eigenvalue weighted by molar-refractivity contribution is 7.79. The van der Waals surface area contributed by atoms with Crippen LogP contribution >= 0.6 is 0 Å². The molecule has 0 radical (unpaired) electrons. The molecule has 7 heteroatoms. The molecule has 0 aliphatic carbocycles. The molecule has 0 atom stereocenters. The average Bonchev–Trinajstić information content (AvgIpc) is 2.29. The monoisotopic (exact) mass is 296 g/mol. The molecule has 2 fully saturated rings. The molecule has 2 aliphatic rings. The molecule has 0 aromatic carbocycles. The Bertz CT molecular complexity index is 273. The summed E-state index contributed by atoms with van der Waals surface area (Å²) < 4.78 is 31.6. The first-order valence-corrected chi connectivity index (χ1v) is 8.25. The summed E-state index contributed by atoms with van der Waals surface area (Å²) in [6.07, 6.45) is 8.55. The third-order valence-corrected chi connectivity index (χ3v) is 3.16. The molecule has 2 heterocycles. The Kier molecular flexibility index (Phi) is 10.4. The zero-order valence-corrected chi connectivity index (χ0v) is 12.9. The summed E-state index contributed by atoms with van der Waals surface area (Å²) in [5, 5.41) is 0. The van der Waals surface area contributed by atoms with E-state index in [1.165, 1.54) is 64.7 Å². The smallest absolute Gasteiger partial charge is 0.306 e. The number of nitrogens with zero attached hydrogens (tertiary/aromatic N) is 2. The fourth-order valence-corrected chi connectivity index (χ4v) is 2.10. The van der Waals surface area contributed by atoms with Crippen molar-refractivity contribution in [1.29, 1.82) is 0 Å². The quantitative estimate of drug-likeness (QED) is 0.660. The largest absolute Gasteiger partial charge is 0.394 e. The maximum Gasteiger partial charge on any atom is 0.394 e. The van der Waals surface area contributed by atoms with Crippen molar-refractivity contribution < 1.29 is 17.5 Å². The van der Waals surface area contributed by atoms with Gasteiger partial charge in [0, 0.05) is 0 Å². The van der Waals surface area contributed by atoms with Gasteiger partial charge in [-0.25, -0.2) is 0 Å². The standard InChI is InChI=1S/2C6H13N.H2O4S/c2*1-7-5-3-2-4-6-7;1-5(2,3)4/h2*2-6H2,1H3;(H2,1,2,3,4). The van der Waals surface area contributed by atoms with E-state index in [2.05, 4.69) is 23.9 Å². The maximum absolute atomic E-state index is 8.74. The molecule has 6 nitrogen and oxygen atoms in total. The van der Waals surface area contributed by atoms with E-state index in [1.807, 2.05) is 0 Å². The van der Waals surface area contributed by atoms with Gasteiger partial charge in [-0.2, -0.15) is 8.42 Å². The van der Waals surface area contributed by atoms with E-state index in [0.29, 0.717) is 0 Å². The van der Waals surface area contributed by atoms with Crippen molar-refractivity contribution in [3.63, 3.8) is 0 Å². The number of rotatable bonds is 0. The first-order chi connectivity index (χ1) is 8.79. The summed E-state index contributed by atoms with van der Waals surface area (Å²) in [6.45, 7) is 5.28. The summed E-state index contributed by atoms with van der Waals surface area (Å²) >= 11 is 0. The molecule has 2 aliphatic heterocycles. The van der Waals surface area contributed by atoms with E-state index in [4.69, 9.17) is 17.5 Å². The van der Waals surface area contributed by atoms with Gasteiger partial charge in [-0.05, 0) is 66.0 Å². The lowest BCUT2D eigenvalue weighted by molar-refractivity contribution is 0.277. The topological polar surface area (TPSA) is 81.1 Å². The molecule has 2 N–H and O–H groups in total. The van der Waals surface area contributed by atoms with Gasteiger partial charge < -0.3 is 9.80 Å². The van der Waals surface area contributed by atoms with Gasteiger partial charge in [0.1, 0.15) is 0 Å². The Morgan fingerprint density at radius 3 is 1.00 bits per heavy atom. The zero-order chi connectivity index (χ0) is 14.7. The minimum Gasteiger partial charge on any atom is -0.306 e. The van der Waals surface area contributed by atoms with E-state index in [9.17, 15) is 0 Å². The van der Waals surface area contributed by atoms with Gasteiger partial charge in [0.2, 0.25) is 0 Å². The van der Waals surface area contributed by atoms with Crippen LogP contribution in [0.1, 0.15) is 38.5 Å². The van der Waals surface area contributed by atoms with Crippen LogP contribution in [-0.2, 0) is 10.4 Å². The first kappa shape index (κ1) is 18.8. The highest BCUT2D eigenvalue weighted by Crippen LogP contribution is 2.05. The Hall–Kier alpha value is -0.210. The molecule has 0 bridgehead atoms. The van der Waals surface area contributed by atoms with Crippen molar-refractivity contribution in [2.75, 3.05) is 40.3 Å². The van der Waals surface area contributed by atoms with Crippen LogP contribution in [0, 0.1) is 0 Å². The summed E-state index contributed by atoms with van der Waals surface area (Å²) in [5.74, 6) is 0. The second-order valence-corrected chi connectivity index (χ2v) is 6.07. The van der Waals surface area contributed by atoms with Crippen LogP contribution in [-0.4, -0.2) is 67.6 Å². The zero-order valence-electron chi connectivity index (χ0n) is 12.1. The van der Waals surface area contributed by atoms with Crippen LogP contribution in [0.3, 0.4) is 0 Å². The number of hydrogen-bond acceptors (Lipinski definition) is 4. The Morgan fingerprint density at radius 1 is 0.684 bits per heavy atom. The fourth-order valence-electron chi connectivity index (χ4n) is 2.10. The molecule has 19 heavy (non-hydrogen) atoms. The molecule has 2 saturated heterocycles. The van der Waals surface area contributed by atoms with Crippen molar-refractivity contribution in [3.05, 3.63) is 0 Å². The molecule has 0 aromatic heterocycles. The Labute approximate surface area is 117 Å². The maximum atomic E-state index is 8.74. The van der Waals surface area contributed by atoms with Crippen LogP contribution < -0.4 is 0 Å².